The molecule has 1 heterocycles. The van der Waals surface area contributed by atoms with E-state index in [4.69, 9.17) is 4.74 Å². The van der Waals surface area contributed by atoms with E-state index in [1.165, 1.54) is 0 Å². The summed E-state index contributed by atoms with van der Waals surface area (Å²) >= 11 is 0. The molecule has 0 fully saturated rings. The van der Waals surface area contributed by atoms with Gasteiger partial charge in [-0.05, 0) is 68.4 Å². The number of carbonyl (C=O) groups excluding carboxylic acids is 2. The number of nitrogens with zero attached hydrogens (tertiary/aromatic N) is 2. The number of hydrogen-bond acceptors (Lipinski definition) is 3. The fourth-order valence-electron chi connectivity index (χ4n) is 4.31. The van der Waals surface area contributed by atoms with Crippen molar-refractivity contribution in [3.8, 4) is 5.75 Å². The van der Waals surface area contributed by atoms with Crippen molar-refractivity contribution in [1.82, 2.24) is 9.80 Å². The summed E-state index contributed by atoms with van der Waals surface area (Å²) in [6, 6.07) is 13.3. The Morgan fingerprint density at radius 3 is 2.53 bits per heavy atom. The highest BCUT2D eigenvalue weighted by Gasteiger charge is 2.28. The van der Waals surface area contributed by atoms with Gasteiger partial charge in [0.2, 0.25) is 0 Å². The van der Waals surface area contributed by atoms with Gasteiger partial charge < -0.3 is 14.5 Å². The van der Waals surface area contributed by atoms with E-state index in [1.807, 2.05) is 68.3 Å². The highest BCUT2D eigenvalue weighted by Crippen LogP contribution is 2.24. The summed E-state index contributed by atoms with van der Waals surface area (Å²) in [5.41, 5.74) is 3.49. The molecule has 0 saturated carbocycles. The van der Waals surface area contributed by atoms with E-state index in [2.05, 4.69) is 13.8 Å². The molecule has 2 amide bonds. The zero-order valence-electron chi connectivity index (χ0n) is 20.1. The molecule has 172 valence electrons. The van der Waals surface area contributed by atoms with Crippen molar-refractivity contribution in [2.75, 3.05) is 26.7 Å². The van der Waals surface area contributed by atoms with Crippen LogP contribution in [0, 0.1) is 19.8 Å². The van der Waals surface area contributed by atoms with Crippen LogP contribution in [0.5, 0.6) is 5.75 Å². The Kier molecular flexibility index (Phi) is 7.94. The molecule has 2 aromatic rings. The SMILES string of the molecule is Cc1cccc(C(=O)N2CCCCN(C)C(=O)c3ccccc3OC[C@@H]2CC(C)C)c1C. The van der Waals surface area contributed by atoms with Crippen LogP contribution >= 0.6 is 0 Å². The van der Waals surface area contributed by atoms with E-state index in [-0.39, 0.29) is 17.9 Å². The maximum Gasteiger partial charge on any atom is 0.257 e. The maximum atomic E-state index is 13.7. The average molecular weight is 437 g/mol. The highest BCUT2D eigenvalue weighted by atomic mass is 16.5. The van der Waals surface area contributed by atoms with Crippen molar-refractivity contribution in [3.63, 3.8) is 0 Å². The van der Waals surface area contributed by atoms with E-state index in [9.17, 15) is 9.59 Å². The lowest BCUT2D eigenvalue weighted by molar-refractivity contribution is 0.0558. The van der Waals surface area contributed by atoms with E-state index in [1.54, 1.807) is 4.90 Å². The summed E-state index contributed by atoms with van der Waals surface area (Å²) in [7, 11) is 1.82. The number of para-hydroxylation sites is 1. The van der Waals surface area contributed by atoms with Gasteiger partial charge in [-0.1, -0.05) is 38.1 Å². The van der Waals surface area contributed by atoms with Gasteiger partial charge in [0.15, 0.2) is 0 Å². The Balaban J connectivity index is 1.97. The van der Waals surface area contributed by atoms with Gasteiger partial charge in [-0.3, -0.25) is 9.59 Å². The molecule has 5 heteroatoms. The average Bonchev–Trinajstić information content (AvgIpc) is 2.77. The molecular formula is C27H36N2O3. The third-order valence-corrected chi connectivity index (χ3v) is 6.32. The summed E-state index contributed by atoms with van der Waals surface area (Å²) in [5.74, 6) is 1.03. The predicted molar refractivity (Wildman–Crippen MR) is 128 cm³/mol. The normalized spacial score (nSPS) is 17.9. The third kappa shape index (κ3) is 5.50. The van der Waals surface area contributed by atoms with Crippen molar-refractivity contribution >= 4 is 11.8 Å². The smallest absolute Gasteiger partial charge is 0.257 e. The predicted octanol–water partition coefficient (Wildman–Crippen LogP) is 5.11. The summed E-state index contributed by atoms with van der Waals surface area (Å²) in [6.45, 7) is 10.1. The number of benzene rings is 2. The molecule has 1 aliphatic heterocycles. The Morgan fingerprint density at radius 2 is 1.78 bits per heavy atom. The van der Waals surface area contributed by atoms with Gasteiger partial charge in [-0.25, -0.2) is 0 Å². The first-order chi connectivity index (χ1) is 15.3. The lowest BCUT2D eigenvalue weighted by atomic mass is 9.98. The third-order valence-electron chi connectivity index (χ3n) is 6.32. The molecule has 32 heavy (non-hydrogen) atoms. The van der Waals surface area contributed by atoms with E-state index in [0.29, 0.717) is 36.9 Å². The molecule has 0 N–H and O–H groups in total. The first-order valence-corrected chi connectivity index (χ1v) is 11.6. The van der Waals surface area contributed by atoms with Crippen LogP contribution in [0.4, 0.5) is 0 Å². The standard InChI is InChI=1S/C27H36N2O3/c1-19(2)17-22-18-32-25-14-7-6-12-24(25)26(30)28(5)15-8-9-16-29(22)27(31)23-13-10-11-20(3)21(23)4/h6-7,10-14,19,22H,8-9,15-18H2,1-5H3/t22-/m0/s1. The molecule has 3 rings (SSSR count). The number of aryl methyl sites for hydroxylation is 1. The largest absolute Gasteiger partial charge is 0.491 e. The molecule has 5 nitrogen and oxygen atoms in total. The molecule has 0 aromatic heterocycles. The molecule has 0 saturated heterocycles. The van der Waals surface area contributed by atoms with Crippen LogP contribution in [0.25, 0.3) is 0 Å². The second kappa shape index (κ2) is 10.7. The van der Waals surface area contributed by atoms with Crippen molar-refractivity contribution in [1.29, 1.82) is 0 Å². The van der Waals surface area contributed by atoms with Gasteiger partial charge in [0, 0.05) is 25.7 Å². The highest BCUT2D eigenvalue weighted by molar-refractivity contribution is 5.97. The van der Waals surface area contributed by atoms with Crippen LogP contribution in [0.2, 0.25) is 0 Å². The number of carbonyl (C=O) groups is 2. The van der Waals surface area contributed by atoms with Crippen molar-refractivity contribution < 1.29 is 14.3 Å². The fourth-order valence-corrected chi connectivity index (χ4v) is 4.31. The van der Waals surface area contributed by atoms with Crippen LogP contribution in [0.15, 0.2) is 42.5 Å². The number of amides is 2. The monoisotopic (exact) mass is 436 g/mol. The van der Waals surface area contributed by atoms with Crippen molar-refractivity contribution in [2.45, 2.75) is 53.0 Å². The first-order valence-electron chi connectivity index (χ1n) is 11.6. The summed E-state index contributed by atoms with van der Waals surface area (Å²) in [4.78, 5) is 30.4. The summed E-state index contributed by atoms with van der Waals surface area (Å²) in [5, 5.41) is 0. The van der Waals surface area contributed by atoms with Crippen LogP contribution in [-0.2, 0) is 0 Å². The minimum Gasteiger partial charge on any atom is -0.491 e. The molecule has 0 bridgehead atoms. The first kappa shape index (κ1) is 23.8. The van der Waals surface area contributed by atoms with Crippen molar-refractivity contribution in [3.05, 3.63) is 64.7 Å². The molecule has 0 unspecified atom stereocenters. The Bertz CT molecular complexity index is 954. The second-order valence-corrected chi connectivity index (χ2v) is 9.27. The van der Waals surface area contributed by atoms with Gasteiger partial charge in [-0.15, -0.1) is 0 Å². The van der Waals surface area contributed by atoms with Crippen LogP contribution < -0.4 is 4.74 Å². The Morgan fingerprint density at radius 1 is 1.06 bits per heavy atom. The summed E-state index contributed by atoms with van der Waals surface area (Å²) in [6.07, 6.45) is 2.52. The molecule has 1 aliphatic rings. The van der Waals surface area contributed by atoms with Crippen molar-refractivity contribution in [2.24, 2.45) is 5.92 Å². The molecule has 1 atom stereocenters. The van der Waals surface area contributed by atoms with Crippen LogP contribution in [0.1, 0.15) is 65.0 Å². The van der Waals surface area contributed by atoms with Gasteiger partial charge in [0.25, 0.3) is 11.8 Å². The Labute approximate surface area is 192 Å². The lowest BCUT2D eigenvalue weighted by Gasteiger charge is -2.34. The van der Waals surface area contributed by atoms with E-state index in [0.717, 1.165) is 36.0 Å². The number of ether oxygens (including phenoxy) is 1. The molecule has 2 aromatic carbocycles. The number of hydrogen-bond donors (Lipinski definition) is 0. The van der Waals surface area contributed by atoms with Gasteiger partial charge >= 0.3 is 0 Å². The zero-order chi connectivity index (χ0) is 23.3. The maximum absolute atomic E-state index is 13.7. The topological polar surface area (TPSA) is 49.9 Å². The van der Waals surface area contributed by atoms with Crippen LogP contribution in [-0.4, -0.2) is 54.4 Å². The minimum atomic E-state index is -0.0669. The fraction of sp³-hybridized carbons (Fsp3) is 0.481. The molecule has 0 spiro atoms. The molecule has 0 radical (unpaired) electrons. The van der Waals surface area contributed by atoms with Gasteiger partial charge in [-0.2, -0.15) is 0 Å². The van der Waals surface area contributed by atoms with Gasteiger partial charge in [0.05, 0.1) is 11.6 Å². The van der Waals surface area contributed by atoms with E-state index < -0.39 is 0 Å². The summed E-state index contributed by atoms with van der Waals surface area (Å²) < 4.78 is 6.22. The van der Waals surface area contributed by atoms with Crippen LogP contribution in [0.3, 0.4) is 0 Å². The zero-order valence-corrected chi connectivity index (χ0v) is 20.1. The molecule has 0 aliphatic carbocycles. The molecular weight excluding hydrogens is 400 g/mol. The second-order valence-electron chi connectivity index (χ2n) is 9.27. The lowest BCUT2D eigenvalue weighted by Crippen LogP contribution is -2.45. The van der Waals surface area contributed by atoms with E-state index >= 15 is 0 Å². The number of rotatable bonds is 3. The Hall–Kier alpha value is -2.82. The minimum absolute atomic E-state index is 0.0232. The quantitative estimate of drug-likeness (QED) is 0.672. The number of fused-ring (bicyclic) bond motifs is 1. The van der Waals surface area contributed by atoms with Gasteiger partial charge in [0.1, 0.15) is 12.4 Å².